The van der Waals surface area contributed by atoms with Crippen LogP contribution in [-0.4, -0.2) is 74.5 Å². The van der Waals surface area contributed by atoms with E-state index in [-0.39, 0.29) is 24.6 Å². The quantitative estimate of drug-likeness (QED) is 0.301. The molecule has 242 valence electrons. The molecule has 2 aliphatic rings. The number of aromatic carboxylic acids is 1. The minimum Gasteiger partial charge on any atom is -0.478 e. The Kier molecular flexibility index (Phi) is 9.98. The highest BCUT2D eigenvalue weighted by atomic mass is 19.4. The maximum absolute atomic E-state index is 15.6. The number of methoxy groups -OCH3 is 2. The summed E-state index contributed by atoms with van der Waals surface area (Å²) in [6, 6.07) is 1.08. The number of nitrogens with zero attached hydrogens (tertiary/aromatic N) is 3. The number of carboxylic acid groups (broad SMARTS) is 1. The Morgan fingerprint density at radius 3 is 2.23 bits per heavy atom. The van der Waals surface area contributed by atoms with Crippen molar-refractivity contribution < 1.29 is 55.2 Å². The third kappa shape index (κ3) is 7.37. The van der Waals surface area contributed by atoms with E-state index in [9.17, 15) is 36.6 Å². The van der Waals surface area contributed by atoms with E-state index >= 15 is 4.39 Å². The molecule has 2 aromatic rings. The number of pyridine rings is 1. The number of hydrogen-bond donors (Lipinski definition) is 1. The number of ether oxygens (including phenoxy) is 3. The molecule has 1 saturated heterocycles. The van der Waals surface area contributed by atoms with E-state index in [1.54, 1.807) is 0 Å². The number of benzene rings is 1. The van der Waals surface area contributed by atoms with Crippen molar-refractivity contribution in [2.45, 2.75) is 50.7 Å². The van der Waals surface area contributed by atoms with E-state index in [1.165, 1.54) is 14.2 Å². The summed E-state index contributed by atoms with van der Waals surface area (Å²) >= 11 is 0. The molecule has 4 rings (SSSR count). The highest BCUT2D eigenvalue weighted by Gasteiger charge is 2.45. The Morgan fingerprint density at radius 1 is 1.09 bits per heavy atom. The van der Waals surface area contributed by atoms with Crippen molar-refractivity contribution in [3.8, 4) is 11.6 Å². The summed E-state index contributed by atoms with van der Waals surface area (Å²) < 4.78 is 99.6. The van der Waals surface area contributed by atoms with Gasteiger partial charge in [-0.05, 0) is 37.7 Å². The van der Waals surface area contributed by atoms with E-state index in [2.05, 4.69) is 11.9 Å². The van der Waals surface area contributed by atoms with Gasteiger partial charge >= 0.3 is 12.1 Å². The highest BCUT2D eigenvalue weighted by Crippen LogP contribution is 2.42. The molecule has 1 saturated carbocycles. The number of carboxylic acids is 1. The molecule has 1 amide bonds. The van der Waals surface area contributed by atoms with Crippen LogP contribution < -0.4 is 14.5 Å². The lowest BCUT2D eigenvalue weighted by atomic mass is 9.82. The molecular formula is C29H33F6N3O6. The zero-order chi connectivity index (χ0) is 32.4. The van der Waals surface area contributed by atoms with Crippen LogP contribution in [0.5, 0.6) is 11.6 Å². The molecule has 44 heavy (non-hydrogen) atoms. The number of aromatic nitrogens is 1. The molecule has 0 radical (unpaired) electrons. The molecule has 9 nitrogen and oxygen atoms in total. The number of rotatable bonds is 11. The van der Waals surface area contributed by atoms with Gasteiger partial charge in [-0.3, -0.25) is 4.79 Å². The first kappa shape index (κ1) is 33.3. The summed E-state index contributed by atoms with van der Waals surface area (Å²) in [7, 11) is 2.74. The van der Waals surface area contributed by atoms with Gasteiger partial charge in [-0.1, -0.05) is 6.92 Å². The Morgan fingerprint density at radius 2 is 1.70 bits per heavy atom. The van der Waals surface area contributed by atoms with Crippen molar-refractivity contribution in [3.63, 3.8) is 0 Å². The van der Waals surface area contributed by atoms with Crippen molar-refractivity contribution in [3.05, 3.63) is 41.3 Å². The van der Waals surface area contributed by atoms with Gasteiger partial charge in [-0.15, -0.1) is 0 Å². The Bertz CT molecular complexity index is 1350. The van der Waals surface area contributed by atoms with Crippen LogP contribution >= 0.6 is 0 Å². The molecule has 0 atom stereocenters. The molecule has 1 aliphatic carbocycles. The van der Waals surface area contributed by atoms with Crippen LogP contribution in [0.2, 0.25) is 0 Å². The molecule has 1 aliphatic heterocycles. The fourth-order valence-corrected chi connectivity index (χ4v) is 5.47. The number of amides is 1. The number of anilines is 2. The second kappa shape index (κ2) is 13.2. The molecular weight excluding hydrogens is 600 g/mol. The van der Waals surface area contributed by atoms with Crippen LogP contribution in [0.3, 0.4) is 0 Å². The standard InChI is InChI=1S/C29H33F6N3O6/c1-16-4-6-17(7-5-16)26(39)38(19(12-42-2)13-43-3)23-10-22(30)24(9-20(23)27(40)41)44-25-21(29(33,34)35)8-18(11-36-25)37-14-28(31,32)15-37/h8-11,16-17,19H,4-7,12-15H2,1-3H3,(H,40,41). The van der Waals surface area contributed by atoms with E-state index in [0.717, 1.165) is 28.8 Å². The lowest BCUT2D eigenvalue weighted by Crippen LogP contribution is -2.56. The molecule has 1 N–H and O–H groups in total. The summed E-state index contributed by atoms with van der Waals surface area (Å²) in [6.45, 7) is 0.286. The van der Waals surface area contributed by atoms with Crippen LogP contribution in [0.25, 0.3) is 0 Å². The first-order valence-corrected chi connectivity index (χ1v) is 13.9. The van der Waals surface area contributed by atoms with Crippen LogP contribution in [-0.2, 0) is 20.4 Å². The topological polar surface area (TPSA) is 101 Å². The van der Waals surface area contributed by atoms with Gasteiger partial charge in [0.25, 0.3) is 5.92 Å². The summed E-state index contributed by atoms with van der Waals surface area (Å²) in [5.74, 6) is -8.48. The van der Waals surface area contributed by atoms with Crippen LogP contribution in [0.4, 0.5) is 37.7 Å². The van der Waals surface area contributed by atoms with Crippen molar-refractivity contribution in [1.82, 2.24) is 4.98 Å². The molecule has 0 spiro atoms. The van der Waals surface area contributed by atoms with Gasteiger partial charge in [0, 0.05) is 32.3 Å². The smallest absolute Gasteiger partial charge is 0.421 e. The van der Waals surface area contributed by atoms with Gasteiger partial charge in [-0.25, -0.2) is 22.9 Å². The number of carbonyl (C=O) groups excluding carboxylic acids is 1. The number of alkyl halides is 5. The minimum absolute atomic E-state index is 0.0875. The zero-order valence-electron chi connectivity index (χ0n) is 24.3. The second-order valence-corrected chi connectivity index (χ2v) is 11.2. The first-order valence-electron chi connectivity index (χ1n) is 13.9. The fourth-order valence-electron chi connectivity index (χ4n) is 5.47. The molecule has 2 heterocycles. The lowest BCUT2D eigenvalue weighted by molar-refractivity contribution is -0.138. The number of halogens is 6. The van der Waals surface area contributed by atoms with Crippen molar-refractivity contribution >= 4 is 23.3 Å². The van der Waals surface area contributed by atoms with Gasteiger partial charge in [0.1, 0.15) is 5.56 Å². The van der Waals surface area contributed by atoms with Gasteiger partial charge in [0.15, 0.2) is 11.6 Å². The second-order valence-electron chi connectivity index (χ2n) is 11.2. The third-order valence-electron chi connectivity index (χ3n) is 7.78. The number of hydrogen-bond acceptors (Lipinski definition) is 7. The monoisotopic (exact) mass is 633 g/mol. The predicted molar refractivity (Wildman–Crippen MR) is 146 cm³/mol. The SMILES string of the molecule is COCC(COC)N(C(=O)C1CCC(C)CC1)c1cc(F)c(Oc2ncc(N3CC(F)(F)C3)cc2C(F)(F)F)cc1C(=O)O. The fraction of sp³-hybridized carbons (Fsp3) is 0.552. The van der Waals surface area contributed by atoms with Crippen LogP contribution in [0, 0.1) is 17.7 Å². The van der Waals surface area contributed by atoms with Crippen molar-refractivity contribution in [2.24, 2.45) is 11.8 Å². The average Bonchev–Trinajstić information content (AvgIpc) is 2.93. The summed E-state index contributed by atoms with van der Waals surface area (Å²) in [4.78, 5) is 32.0. The normalized spacial score (nSPS) is 19.9. The van der Waals surface area contributed by atoms with Crippen molar-refractivity contribution in [2.75, 3.05) is 50.3 Å². The molecule has 1 aromatic heterocycles. The Labute approximate surface area is 249 Å². The van der Waals surface area contributed by atoms with Crippen molar-refractivity contribution in [1.29, 1.82) is 0 Å². The number of carbonyl (C=O) groups is 2. The largest absolute Gasteiger partial charge is 0.478 e. The van der Waals surface area contributed by atoms with Gasteiger partial charge in [-0.2, -0.15) is 13.2 Å². The maximum atomic E-state index is 15.6. The molecule has 2 fully saturated rings. The zero-order valence-corrected chi connectivity index (χ0v) is 24.3. The van der Waals surface area contributed by atoms with Crippen LogP contribution in [0.1, 0.15) is 48.5 Å². The average molecular weight is 634 g/mol. The first-order chi connectivity index (χ1) is 20.6. The lowest BCUT2D eigenvalue weighted by Gasteiger charge is -2.40. The molecule has 1 aromatic carbocycles. The van der Waals surface area contributed by atoms with E-state index < -0.39 is 77.6 Å². The summed E-state index contributed by atoms with van der Waals surface area (Å²) in [6.07, 6.45) is -1.60. The summed E-state index contributed by atoms with van der Waals surface area (Å²) in [5.41, 5.74) is -2.69. The van der Waals surface area contributed by atoms with E-state index in [1.807, 2.05) is 0 Å². The third-order valence-corrected chi connectivity index (χ3v) is 7.78. The van der Waals surface area contributed by atoms with Gasteiger partial charge in [0.2, 0.25) is 11.8 Å². The van der Waals surface area contributed by atoms with E-state index in [4.69, 9.17) is 14.2 Å². The van der Waals surface area contributed by atoms with Crippen LogP contribution in [0.15, 0.2) is 24.4 Å². The predicted octanol–water partition coefficient (Wildman–Crippen LogP) is 6.01. The Hall–Kier alpha value is -3.59. The van der Waals surface area contributed by atoms with Gasteiger partial charge in [0.05, 0.1) is 55.5 Å². The molecule has 0 unspecified atom stereocenters. The highest BCUT2D eigenvalue weighted by molar-refractivity contribution is 6.03. The summed E-state index contributed by atoms with van der Waals surface area (Å²) in [5, 5.41) is 10.1. The van der Waals surface area contributed by atoms with Gasteiger partial charge < -0.3 is 29.1 Å². The van der Waals surface area contributed by atoms with E-state index in [0.29, 0.717) is 37.0 Å². The molecule has 0 bridgehead atoms. The minimum atomic E-state index is -5.08. The Balaban J connectivity index is 1.75. The maximum Gasteiger partial charge on any atom is 0.421 e. The molecule has 15 heteroatoms.